The van der Waals surface area contributed by atoms with Gasteiger partial charge in [0.15, 0.2) is 5.82 Å². The number of fused-ring (bicyclic) bond motifs is 1. The average Bonchev–Trinajstić information content (AvgIpc) is 3.74. The Morgan fingerprint density at radius 2 is 1.70 bits per heavy atom. The molecule has 0 spiro atoms. The van der Waals surface area contributed by atoms with E-state index in [2.05, 4.69) is 88.3 Å². The van der Waals surface area contributed by atoms with Crippen molar-refractivity contribution in [1.82, 2.24) is 25.1 Å². The molecule has 10 nitrogen and oxygen atoms in total. The van der Waals surface area contributed by atoms with E-state index in [0.29, 0.717) is 40.1 Å². The summed E-state index contributed by atoms with van der Waals surface area (Å²) in [5.41, 5.74) is 7.27. The Balaban J connectivity index is 0.745. The molecule has 4 aliphatic rings. The molecule has 8 rings (SSSR count). The van der Waals surface area contributed by atoms with Crippen molar-refractivity contribution >= 4 is 63.8 Å². The highest BCUT2D eigenvalue weighted by Crippen LogP contribution is 2.41. The van der Waals surface area contributed by atoms with E-state index in [0.717, 1.165) is 139 Å². The fourth-order valence-corrected chi connectivity index (χ4v) is 10.7. The van der Waals surface area contributed by atoms with Crippen molar-refractivity contribution in [1.29, 1.82) is 0 Å². The number of halogens is 3. The minimum Gasteiger partial charge on any atom is -0.371 e. The lowest BCUT2D eigenvalue weighted by Crippen LogP contribution is -2.53. The van der Waals surface area contributed by atoms with E-state index in [1.54, 1.807) is 30.4 Å². The van der Waals surface area contributed by atoms with Crippen LogP contribution in [0.4, 0.5) is 49.0 Å². The minimum atomic E-state index is -0.258. The summed E-state index contributed by atoms with van der Waals surface area (Å²) < 4.78 is 33.2. The van der Waals surface area contributed by atoms with Crippen LogP contribution in [0.3, 0.4) is 0 Å². The fraction of sp³-hybridized carbons (Fsp3) is 0.469. The molecule has 3 fully saturated rings. The maximum absolute atomic E-state index is 15.7. The minimum absolute atomic E-state index is 0.106. The molecule has 0 bridgehead atoms. The van der Waals surface area contributed by atoms with E-state index in [-0.39, 0.29) is 17.6 Å². The summed E-state index contributed by atoms with van der Waals surface area (Å²) in [6.07, 6.45) is 13.5. The predicted molar refractivity (Wildman–Crippen MR) is 260 cm³/mol. The maximum atomic E-state index is 15.7. The number of benzene rings is 3. The molecule has 3 aromatic carbocycles. The molecule has 0 saturated carbocycles. The van der Waals surface area contributed by atoms with E-state index >= 15 is 8.78 Å². The monoisotopic (exact) mass is 896 g/mol. The van der Waals surface area contributed by atoms with E-state index in [4.69, 9.17) is 11.6 Å². The second-order valence-corrected chi connectivity index (χ2v) is 18.8. The van der Waals surface area contributed by atoms with Crippen molar-refractivity contribution in [3.8, 4) is 0 Å². The van der Waals surface area contributed by atoms with Gasteiger partial charge < -0.3 is 35.0 Å². The van der Waals surface area contributed by atoms with Gasteiger partial charge >= 0.3 is 0 Å². The summed E-state index contributed by atoms with van der Waals surface area (Å²) in [6, 6.07) is 17.9. The first kappa shape index (κ1) is 45.0. The van der Waals surface area contributed by atoms with Crippen LogP contribution in [0, 0.1) is 17.6 Å². The summed E-state index contributed by atoms with van der Waals surface area (Å²) in [7, 11) is 0. The summed E-state index contributed by atoms with van der Waals surface area (Å²) in [5, 5.41) is 10.0. The van der Waals surface area contributed by atoms with Gasteiger partial charge in [0.25, 0.3) is 0 Å². The van der Waals surface area contributed by atoms with Crippen LogP contribution in [-0.4, -0.2) is 97.5 Å². The number of rotatable bonds is 17. The molecule has 1 aromatic heterocycles. The van der Waals surface area contributed by atoms with E-state index in [1.165, 1.54) is 18.1 Å². The van der Waals surface area contributed by atoms with Crippen molar-refractivity contribution in [3.63, 3.8) is 0 Å². The largest absolute Gasteiger partial charge is 0.371 e. The van der Waals surface area contributed by atoms with Crippen molar-refractivity contribution in [3.05, 3.63) is 114 Å². The molecule has 14 heteroatoms. The number of hydrogen-bond acceptors (Lipinski definition) is 11. The van der Waals surface area contributed by atoms with Crippen molar-refractivity contribution in [2.45, 2.75) is 70.3 Å². The van der Waals surface area contributed by atoms with Gasteiger partial charge in [-0.05, 0) is 123 Å². The topological polar surface area (TPSA) is 78.1 Å². The van der Waals surface area contributed by atoms with Gasteiger partial charge in [-0.3, -0.25) is 4.90 Å². The normalized spacial score (nSPS) is 18.3. The number of piperidine rings is 2. The molecule has 63 heavy (non-hydrogen) atoms. The standard InChI is InChI=1S/C49H63ClF2N10S/c1-5-53-35(3)10-9-34(2)41-13-12-40(32-43(41)51)59-22-16-36(17-23-59)15-21-58-27-29-60(30-28-58)39-19-24-61(25-20-39)46-14-11-38(31-44(46)52)55-49-54-33-42(50)48(57-49)56-45-8-6-7-37-18-26-62(63-4)47(37)45/h5-8,11-14,31-34,36,39,53H,1,3,9-10,15-30H2,2,4H3,(H2,54,55,56,57). The Bertz CT molecular complexity index is 2200. The highest BCUT2D eigenvalue weighted by atomic mass is 35.5. The fourth-order valence-electron chi connectivity index (χ4n) is 9.86. The number of allylic oxidation sites excluding steroid dienone is 1. The molecule has 4 aromatic rings. The second kappa shape index (κ2) is 21.0. The molecule has 5 heterocycles. The third-order valence-electron chi connectivity index (χ3n) is 13.6. The van der Waals surface area contributed by atoms with Crippen LogP contribution in [0.15, 0.2) is 85.8 Å². The highest BCUT2D eigenvalue weighted by molar-refractivity contribution is 8.00. The molecule has 3 saturated heterocycles. The zero-order chi connectivity index (χ0) is 43.9. The summed E-state index contributed by atoms with van der Waals surface area (Å²) >= 11 is 8.23. The lowest BCUT2D eigenvalue weighted by Gasteiger charge is -2.43. The van der Waals surface area contributed by atoms with Crippen molar-refractivity contribution in [2.24, 2.45) is 5.92 Å². The Kier molecular flexibility index (Phi) is 15.0. The number of hydrogen-bond donors (Lipinski definition) is 3. The van der Waals surface area contributed by atoms with Crippen LogP contribution in [0.5, 0.6) is 0 Å². The first-order valence-electron chi connectivity index (χ1n) is 22.8. The van der Waals surface area contributed by atoms with Gasteiger partial charge in [0.05, 0.1) is 23.3 Å². The molecule has 1 atom stereocenters. The predicted octanol–water partition coefficient (Wildman–Crippen LogP) is 10.6. The van der Waals surface area contributed by atoms with Gasteiger partial charge in [-0.25, -0.2) is 13.8 Å². The summed E-state index contributed by atoms with van der Waals surface area (Å²) in [6.45, 7) is 19.9. The first-order chi connectivity index (χ1) is 30.6. The number of aromatic nitrogens is 2. The van der Waals surface area contributed by atoms with Gasteiger partial charge in [-0.1, -0.05) is 61.8 Å². The van der Waals surface area contributed by atoms with E-state index in [9.17, 15) is 0 Å². The van der Waals surface area contributed by atoms with Gasteiger partial charge in [0.1, 0.15) is 16.7 Å². The third-order valence-corrected chi connectivity index (χ3v) is 14.7. The SMILES string of the molecule is C=CNC(=C)CCC(C)c1ccc(N2CCC(CCN3CCN(C4CCN(c5ccc(Nc6ncc(Cl)c(Nc7cccc8c7N(SC)CC8)n6)cc5F)CC4)CC3)CC2)cc1F. The van der Waals surface area contributed by atoms with Crippen LogP contribution in [0.2, 0.25) is 5.02 Å². The highest BCUT2D eigenvalue weighted by Gasteiger charge is 2.30. The summed E-state index contributed by atoms with van der Waals surface area (Å²) in [5.74, 6) is 1.30. The Morgan fingerprint density at radius 1 is 0.921 bits per heavy atom. The maximum Gasteiger partial charge on any atom is 0.229 e. The molecule has 0 radical (unpaired) electrons. The number of anilines is 7. The lowest BCUT2D eigenvalue weighted by molar-refractivity contribution is 0.0808. The number of nitrogens with one attached hydrogen (secondary N) is 3. The first-order valence-corrected chi connectivity index (χ1v) is 24.3. The zero-order valence-electron chi connectivity index (χ0n) is 36.9. The second-order valence-electron chi connectivity index (χ2n) is 17.6. The number of piperazine rings is 1. The van der Waals surface area contributed by atoms with E-state index < -0.39 is 0 Å². The molecule has 336 valence electrons. The molecule has 4 aliphatic heterocycles. The quantitative estimate of drug-likeness (QED) is 0.0887. The number of nitrogens with zero attached hydrogens (tertiary/aromatic N) is 7. The smallest absolute Gasteiger partial charge is 0.229 e. The molecule has 3 N–H and O–H groups in total. The lowest BCUT2D eigenvalue weighted by atomic mass is 9.92. The molecular formula is C49H63ClF2N10S. The van der Waals surface area contributed by atoms with Crippen molar-refractivity contribution in [2.75, 3.05) is 96.4 Å². The number of para-hydroxylation sites is 1. The molecule has 1 unspecified atom stereocenters. The average molecular weight is 898 g/mol. The van der Waals surface area contributed by atoms with Gasteiger partial charge in [-0.15, -0.1) is 0 Å². The Labute approximate surface area is 382 Å². The van der Waals surface area contributed by atoms with Gasteiger partial charge in [0.2, 0.25) is 5.95 Å². The van der Waals surface area contributed by atoms with Crippen LogP contribution >= 0.6 is 23.5 Å². The van der Waals surface area contributed by atoms with Crippen LogP contribution in [0.25, 0.3) is 0 Å². The van der Waals surface area contributed by atoms with Gasteiger partial charge in [0, 0.05) is 88.3 Å². The van der Waals surface area contributed by atoms with Crippen LogP contribution in [-0.2, 0) is 6.42 Å². The molecule has 0 amide bonds. The Morgan fingerprint density at radius 3 is 2.43 bits per heavy atom. The van der Waals surface area contributed by atoms with Gasteiger partial charge in [-0.2, -0.15) is 4.98 Å². The summed E-state index contributed by atoms with van der Waals surface area (Å²) in [4.78, 5) is 18.9. The zero-order valence-corrected chi connectivity index (χ0v) is 38.5. The van der Waals surface area contributed by atoms with Crippen molar-refractivity contribution < 1.29 is 8.78 Å². The van der Waals surface area contributed by atoms with Crippen LogP contribution < -0.4 is 30.1 Å². The third kappa shape index (κ3) is 11.0. The molecular weight excluding hydrogens is 834 g/mol. The molecule has 0 aliphatic carbocycles. The van der Waals surface area contributed by atoms with Crippen LogP contribution in [0.1, 0.15) is 68.9 Å². The Hall–Kier alpha value is -4.56. The van der Waals surface area contributed by atoms with E-state index in [1.807, 2.05) is 30.3 Å².